The maximum absolute atomic E-state index is 13.9. The highest BCUT2D eigenvalue weighted by Crippen LogP contribution is 2.56. The van der Waals surface area contributed by atoms with Gasteiger partial charge in [-0.05, 0) is 44.9 Å². The van der Waals surface area contributed by atoms with Crippen LogP contribution in [-0.2, 0) is 35.8 Å². The molecule has 1 heterocycles. The zero-order valence-corrected chi connectivity index (χ0v) is 22.1. The van der Waals surface area contributed by atoms with Crippen molar-refractivity contribution in [1.82, 2.24) is 0 Å². The highest BCUT2D eigenvalue weighted by atomic mass is 16.7. The van der Waals surface area contributed by atoms with Gasteiger partial charge in [0.15, 0.2) is 11.5 Å². The van der Waals surface area contributed by atoms with E-state index >= 15 is 0 Å². The molecule has 1 atom stereocenters. The molecular weight excluding hydrogens is 486 g/mol. The van der Waals surface area contributed by atoms with Crippen LogP contribution in [0.1, 0.15) is 42.3 Å². The molecule has 37 heavy (non-hydrogen) atoms. The number of carbonyl (C=O) groups excluding carboxylic acids is 3. The molecule has 2 aromatic rings. The Morgan fingerprint density at radius 2 is 1.65 bits per heavy atom. The van der Waals surface area contributed by atoms with Crippen LogP contribution < -0.4 is 14.4 Å². The van der Waals surface area contributed by atoms with Crippen LogP contribution in [0.4, 0.5) is 10.5 Å². The summed E-state index contributed by atoms with van der Waals surface area (Å²) >= 11 is 0. The van der Waals surface area contributed by atoms with Gasteiger partial charge in [0, 0.05) is 42.7 Å². The first-order chi connectivity index (χ1) is 17.4. The molecule has 1 amide bonds. The van der Waals surface area contributed by atoms with Gasteiger partial charge in [-0.3, -0.25) is 9.69 Å². The zero-order valence-electron chi connectivity index (χ0n) is 22.1. The van der Waals surface area contributed by atoms with Gasteiger partial charge in [-0.25, -0.2) is 9.59 Å². The number of carbonyl (C=O) groups is 3. The summed E-state index contributed by atoms with van der Waals surface area (Å²) in [6.07, 6.45) is -0.223. The van der Waals surface area contributed by atoms with Crippen LogP contribution in [0.5, 0.6) is 11.5 Å². The Balaban J connectivity index is 2.20. The fourth-order valence-electron chi connectivity index (χ4n) is 5.27. The average Bonchev–Trinajstić information content (AvgIpc) is 3.05. The number of aliphatic hydroxyl groups is 1. The van der Waals surface area contributed by atoms with Gasteiger partial charge in [0.1, 0.15) is 5.60 Å². The van der Waals surface area contributed by atoms with Crippen molar-refractivity contribution in [3.05, 3.63) is 28.8 Å². The summed E-state index contributed by atoms with van der Waals surface area (Å²) in [6, 6.07) is 3.20. The lowest BCUT2D eigenvalue weighted by Crippen LogP contribution is -2.59. The Bertz CT molecular complexity index is 1310. The van der Waals surface area contributed by atoms with E-state index in [1.165, 1.54) is 25.2 Å². The number of ketones is 1. The zero-order chi connectivity index (χ0) is 27.5. The van der Waals surface area contributed by atoms with Gasteiger partial charge >= 0.3 is 12.1 Å². The summed E-state index contributed by atoms with van der Waals surface area (Å²) in [5.74, 6) is -4.03. The number of amides is 1. The average molecular weight is 518 g/mol. The molecule has 1 aliphatic carbocycles. The van der Waals surface area contributed by atoms with E-state index in [2.05, 4.69) is 0 Å². The Kier molecular flexibility index (Phi) is 6.38. The number of fused-ring (bicyclic) bond motifs is 2. The molecule has 0 aromatic heterocycles. The third kappa shape index (κ3) is 3.48. The van der Waals surface area contributed by atoms with E-state index in [9.17, 15) is 19.5 Å². The first-order valence-corrected chi connectivity index (χ1v) is 11.6. The minimum Gasteiger partial charge on any atom is -0.493 e. The van der Waals surface area contributed by atoms with Crippen LogP contribution in [-0.4, -0.2) is 76.4 Å². The second kappa shape index (κ2) is 8.86. The number of esters is 1. The number of hydrogen-bond acceptors (Lipinski definition) is 10. The van der Waals surface area contributed by atoms with Crippen molar-refractivity contribution in [3.8, 4) is 11.5 Å². The van der Waals surface area contributed by atoms with Crippen molar-refractivity contribution >= 4 is 34.3 Å². The lowest BCUT2D eigenvalue weighted by molar-refractivity contribution is -0.267. The van der Waals surface area contributed by atoms with E-state index in [1.807, 2.05) is 0 Å². The van der Waals surface area contributed by atoms with Crippen LogP contribution in [0.25, 0.3) is 10.8 Å². The molecule has 11 nitrogen and oxygen atoms in total. The van der Waals surface area contributed by atoms with Gasteiger partial charge < -0.3 is 33.5 Å². The molecule has 11 heteroatoms. The molecule has 1 N–H and O–H groups in total. The molecule has 200 valence electrons. The number of methoxy groups -OCH3 is 5. The molecule has 0 spiro atoms. The molecule has 0 unspecified atom stereocenters. The van der Waals surface area contributed by atoms with Gasteiger partial charge in [-0.1, -0.05) is 0 Å². The fourth-order valence-corrected chi connectivity index (χ4v) is 5.27. The van der Waals surface area contributed by atoms with Gasteiger partial charge in [0.25, 0.3) is 11.4 Å². The number of ether oxygens (including phenoxy) is 6. The van der Waals surface area contributed by atoms with E-state index in [1.54, 1.807) is 26.8 Å². The quantitative estimate of drug-likeness (QED) is 0.467. The highest BCUT2D eigenvalue weighted by Gasteiger charge is 2.71. The summed E-state index contributed by atoms with van der Waals surface area (Å²) < 4.78 is 32.7. The van der Waals surface area contributed by atoms with Gasteiger partial charge in [0.05, 0.1) is 27.0 Å². The monoisotopic (exact) mass is 517 g/mol. The standard InChI is InChI=1S/C26H31NO10/c1-24(2,3)37-23(30)27-10-9-13-11-16(32-4)20(33-5)18-17(13)15(27)12-14-19(18)25(31,22(29)34-6)26(35-7,36-8)21(14)28/h11-12,31H,9-10H2,1-8H3/t25-/m1/s1. The van der Waals surface area contributed by atoms with Crippen LogP contribution in [0.15, 0.2) is 12.1 Å². The summed E-state index contributed by atoms with van der Waals surface area (Å²) in [5.41, 5.74) is -2.64. The molecule has 2 aliphatic rings. The predicted molar refractivity (Wildman–Crippen MR) is 131 cm³/mol. The summed E-state index contributed by atoms with van der Waals surface area (Å²) in [6.45, 7) is 5.50. The summed E-state index contributed by atoms with van der Waals surface area (Å²) in [5, 5.41) is 12.7. The Labute approximate surface area is 214 Å². The van der Waals surface area contributed by atoms with Crippen molar-refractivity contribution in [3.63, 3.8) is 0 Å². The van der Waals surface area contributed by atoms with Crippen molar-refractivity contribution in [2.75, 3.05) is 47.0 Å². The van der Waals surface area contributed by atoms with Crippen molar-refractivity contribution in [2.45, 2.75) is 44.2 Å². The lowest BCUT2D eigenvalue weighted by Gasteiger charge is -2.37. The molecule has 0 radical (unpaired) electrons. The number of anilines is 1. The second-order valence-electron chi connectivity index (χ2n) is 9.78. The Hall–Kier alpha value is -3.41. The van der Waals surface area contributed by atoms with Crippen LogP contribution in [0, 0.1) is 0 Å². The SMILES string of the molecule is COC(=O)[C@]1(O)c2c(cc3c4c(cc(OC)c(OC)c24)CCN3C(=O)OC(C)(C)C)C(=O)C1(OC)OC. The molecule has 0 fully saturated rings. The largest absolute Gasteiger partial charge is 0.493 e. The fraction of sp³-hybridized carbons (Fsp3) is 0.500. The van der Waals surface area contributed by atoms with E-state index in [0.717, 1.165) is 26.9 Å². The van der Waals surface area contributed by atoms with Crippen LogP contribution >= 0.6 is 0 Å². The first-order valence-electron chi connectivity index (χ1n) is 11.6. The van der Waals surface area contributed by atoms with Gasteiger partial charge in [-0.15, -0.1) is 0 Å². The maximum atomic E-state index is 13.9. The minimum atomic E-state index is -2.72. The minimum absolute atomic E-state index is 0.105. The van der Waals surface area contributed by atoms with Crippen LogP contribution in [0.3, 0.4) is 0 Å². The summed E-state index contributed by atoms with van der Waals surface area (Å²) in [4.78, 5) is 41.7. The number of nitrogens with zero attached hydrogens (tertiary/aromatic N) is 1. The Morgan fingerprint density at radius 3 is 2.16 bits per heavy atom. The topological polar surface area (TPSA) is 130 Å². The third-order valence-corrected chi connectivity index (χ3v) is 6.75. The highest BCUT2D eigenvalue weighted by molar-refractivity contribution is 6.21. The smallest absolute Gasteiger partial charge is 0.414 e. The van der Waals surface area contributed by atoms with E-state index in [4.69, 9.17) is 28.4 Å². The molecule has 0 saturated carbocycles. The lowest BCUT2D eigenvalue weighted by atomic mass is 9.84. The van der Waals surface area contributed by atoms with Crippen molar-refractivity contribution in [1.29, 1.82) is 0 Å². The number of hydrogen-bond donors (Lipinski definition) is 1. The van der Waals surface area contributed by atoms with Crippen LogP contribution in [0.2, 0.25) is 0 Å². The van der Waals surface area contributed by atoms with E-state index < -0.39 is 34.8 Å². The molecular formula is C26H31NO10. The normalized spacial score (nSPS) is 20.0. The van der Waals surface area contributed by atoms with Gasteiger partial charge in [0.2, 0.25) is 5.78 Å². The number of Topliss-reactive ketones (excluding diaryl/α,β-unsaturated/α-hetero) is 1. The second-order valence-corrected chi connectivity index (χ2v) is 9.78. The van der Waals surface area contributed by atoms with Crippen molar-refractivity contribution in [2.24, 2.45) is 0 Å². The Morgan fingerprint density at radius 1 is 1.00 bits per heavy atom. The first kappa shape index (κ1) is 26.6. The summed E-state index contributed by atoms with van der Waals surface area (Å²) in [7, 11) is 6.19. The predicted octanol–water partition coefficient (Wildman–Crippen LogP) is 2.70. The third-order valence-electron chi connectivity index (χ3n) is 6.75. The van der Waals surface area contributed by atoms with E-state index in [0.29, 0.717) is 23.2 Å². The number of benzene rings is 2. The van der Waals surface area contributed by atoms with Gasteiger partial charge in [-0.2, -0.15) is 0 Å². The molecule has 1 aliphatic heterocycles. The maximum Gasteiger partial charge on any atom is 0.414 e. The molecule has 0 saturated heterocycles. The molecule has 4 rings (SSSR count). The molecule has 0 bridgehead atoms. The molecule has 2 aromatic carbocycles. The number of rotatable bonds is 5. The van der Waals surface area contributed by atoms with E-state index in [-0.39, 0.29) is 28.8 Å². The van der Waals surface area contributed by atoms with Crippen molar-refractivity contribution < 1.29 is 47.9 Å².